The fraction of sp³-hybridized carbons (Fsp3) is 0.429. The van der Waals surface area contributed by atoms with Gasteiger partial charge in [0.25, 0.3) is 0 Å². The molecule has 2 heterocycles. The summed E-state index contributed by atoms with van der Waals surface area (Å²) in [6, 6.07) is 15.8. The van der Waals surface area contributed by atoms with Crippen molar-refractivity contribution in [3.8, 4) is 0 Å². The van der Waals surface area contributed by atoms with Crippen LogP contribution in [0.5, 0.6) is 0 Å². The van der Waals surface area contributed by atoms with Crippen molar-refractivity contribution in [1.29, 1.82) is 0 Å². The number of aliphatic hydroxyl groups excluding tert-OH is 1. The van der Waals surface area contributed by atoms with E-state index in [0.717, 1.165) is 25.0 Å². The number of pyridine rings is 1. The van der Waals surface area contributed by atoms with Crippen LogP contribution in [0.1, 0.15) is 36.6 Å². The van der Waals surface area contributed by atoms with E-state index in [1.165, 1.54) is 5.56 Å². The molecule has 142 valence electrons. The van der Waals surface area contributed by atoms with E-state index in [0.29, 0.717) is 12.3 Å². The lowest BCUT2D eigenvalue weighted by Crippen LogP contribution is -2.53. The van der Waals surface area contributed by atoms with Crippen molar-refractivity contribution in [3.63, 3.8) is 0 Å². The first kappa shape index (κ1) is 18.1. The number of rotatable bonds is 6. The van der Waals surface area contributed by atoms with Crippen molar-refractivity contribution < 1.29 is 9.90 Å². The first-order chi connectivity index (χ1) is 13.2. The van der Waals surface area contributed by atoms with E-state index < -0.39 is 0 Å². The van der Waals surface area contributed by atoms with Gasteiger partial charge in [-0.2, -0.15) is 0 Å². The molecular weight excluding hydrogens is 340 g/mol. The zero-order valence-corrected chi connectivity index (χ0v) is 15.2. The number of amides is 1. The Bertz CT molecular complexity index is 749. The maximum atomic E-state index is 12.9. The molecule has 2 aromatic rings. The van der Waals surface area contributed by atoms with E-state index in [2.05, 4.69) is 33.3 Å². The van der Waals surface area contributed by atoms with Gasteiger partial charge in [-0.15, -0.1) is 0 Å². The second kappa shape index (κ2) is 8.17. The molecule has 1 aromatic carbocycles. The number of carbonyl (C=O) groups excluding carboxylic acids is 1. The van der Waals surface area contributed by atoms with Gasteiger partial charge < -0.3 is 10.4 Å². The highest BCUT2D eigenvalue weighted by Gasteiger charge is 2.37. The average Bonchev–Trinajstić information content (AvgIpc) is 3.17. The van der Waals surface area contributed by atoms with E-state index in [9.17, 15) is 9.90 Å². The molecular formula is C21H26N4O2. The standard InChI is InChI=1S/C21H26N4O2/c26-16-11-15(12-16)18(10-14-6-2-1-3-7-14)23-21(27)20-13-19(24-25-20)17-8-4-5-9-22-17/h1-9,15-16,18-20,24-26H,10-13H2,(H,23,27). The molecule has 4 N–H and O–H groups in total. The van der Waals surface area contributed by atoms with E-state index in [1.807, 2.05) is 36.4 Å². The molecule has 0 bridgehead atoms. The summed E-state index contributed by atoms with van der Waals surface area (Å²) in [6.45, 7) is 0. The number of hydrazine groups is 1. The van der Waals surface area contributed by atoms with E-state index in [1.54, 1.807) is 6.20 Å². The fourth-order valence-electron chi connectivity index (χ4n) is 3.95. The lowest BCUT2D eigenvalue weighted by atomic mass is 9.75. The van der Waals surface area contributed by atoms with Crippen LogP contribution in [0.15, 0.2) is 54.7 Å². The highest BCUT2D eigenvalue weighted by molar-refractivity contribution is 5.82. The van der Waals surface area contributed by atoms with E-state index >= 15 is 0 Å². The van der Waals surface area contributed by atoms with Crippen molar-refractivity contribution in [2.24, 2.45) is 5.92 Å². The first-order valence-electron chi connectivity index (χ1n) is 9.63. The minimum absolute atomic E-state index is 0.00301. The Morgan fingerprint density at radius 3 is 2.59 bits per heavy atom. The number of aliphatic hydroxyl groups is 1. The van der Waals surface area contributed by atoms with Crippen LogP contribution in [0.2, 0.25) is 0 Å². The molecule has 3 unspecified atom stereocenters. The Morgan fingerprint density at radius 1 is 1.11 bits per heavy atom. The van der Waals surface area contributed by atoms with Gasteiger partial charge in [0.15, 0.2) is 0 Å². The topological polar surface area (TPSA) is 86.3 Å². The van der Waals surface area contributed by atoms with Gasteiger partial charge in [-0.25, -0.2) is 10.9 Å². The Morgan fingerprint density at radius 2 is 1.89 bits per heavy atom. The molecule has 1 saturated heterocycles. The SMILES string of the molecule is O=C(NC(Cc1ccccc1)C1CC(O)C1)C1CC(c2ccccn2)NN1. The van der Waals surface area contributed by atoms with Crippen molar-refractivity contribution in [1.82, 2.24) is 21.2 Å². The molecule has 1 aliphatic heterocycles. The maximum absolute atomic E-state index is 12.9. The normalized spacial score (nSPS) is 28.3. The molecule has 0 radical (unpaired) electrons. The molecule has 2 aliphatic rings. The Kier molecular flexibility index (Phi) is 5.48. The van der Waals surface area contributed by atoms with Crippen LogP contribution >= 0.6 is 0 Å². The van der Waals surface area contributed by atoms with Gasteiger partial charge in [0, 0.05) is 12.2 Å². The summed E-state index contributed by atoms with van der Waals surface area (Å²) in [5.74, 6) is 0.327. The van der Waals surface area contributed by atoms with Crippen LogP contribution < -0.4 is 16.2 Å². The van der Waals surface area contributed by atoms with Gasteiger partial charge in [-0.1, -0.05) is 36.4 Å². The fourth-order valence-corrected chi connectivity index (χ4v) is 3.95. The highest BCUT2D eigenvalue weighted by Crippen LogP contribution is 2.32. The lowest BCUT2D eigenvalue weighted by molar-refractivity contribution is -0.124. The predicted octanol–water partition coefficient (Wildman–Crippen LogP) is 1.49. The van der Waals surface area contributed by atoms with Crippen molar-refractivity contribution in [3.05, 3.63) is 66.0 Å². The van der Waals surface area contributed by atoms with Crippen LogP contribution in [-0.4, -0.2) is 34.2 Å². The molecule has 1 saturated carbocycles. The van der Waals surface area contributed by atoms with Gasteiger partial charge in [-0.3, -0.25) is 9.78 Å². The molecule has 2 fully saturated rings. The molecule has 0 spiro atoms. The third-order valence-electron chi connectivity index (χ3n) is 5.61. The maximum Gasteiger partial charge on any atom is 0.238 e. The van der Waals surface area contributed by atoms with Crippen LogP contribution in [0.3, 0.4) is 0 Å². The van der Waals surface area contributed by atoms with Crippen molar-refractivity contribution in [2.45, 2.75) is 49.9 Å². The molecule has 1 aromatic heterocycles. The van der Waals surface area contributed by atoms with Crippen LogP contribution in [0, 0.1) is 5.92 Å². The number of nitrogens with one attached hydrogen (secondary N) is 3. The molecule has 6 heteroatoms. The lowest BCUT2D eigenvalue weighted by Gasteiger charge is -2.38. The largest absolute Gasteiger partial charge is 0.393 e. The zero-order valence-electron chi connectivity index (χ0n) is 15.2. The quantitative estimate of drug-likeness (QED) is 0.622. The van der Waals surface area contributed by atoms with Gasteiger partial charge in [0.05, 0.1) is 17.8 Å². The summed E-state index contributed by atoms with van der Waals surface area (Å²) in [6.07, 6.45) is 4.49. The minimum atomic E-state index is -0.291. The summed E-state index contributed by atoms with van der Waals surface area (Å²) in [7, 11) is 0. The molecule has 4 rings (SSSR count). The third kappa shape index (κ3) is 4.35. The van der Waals surface area contributed by atoms with Crippen LogP contribution in [-0.2, 0) is 11.2 Å². The number of benzene rings is 1. The number of hydrogen-bond acceptors (Lipinski definition) is 5. The van der Waals surface area contributed by atoms with Gasteiger partial charge in [-0.05, 0) is 49.3 Å². The van der Waals surface area contributed by atoms with E-state index in [4.69, 9.17) is 0 Å². The second-order valence-electron chi connectivity index (χ2n) is 7.57. The Balaban J connectivity index is 1.38. The molecule has 1 aliphatic carbocycles. The zero-order chi connectivity index (χ0) is 18.6. The minimum Gasteiger partial charge on any atom is -0.393 e. The summed E-state index contributed by atoms with van der Waals surface area (Å²) in [4.78, 5) is 17.2. The summed E-state index contributed by atoms with van der Waals surface area (Å²) < 4.78 is 0. The van der Waals surface area contributed by atoms with Crippen LogP contribution in [0.25, 0.3) is 0 Å². The molecule has 6 nitrogen and oxygen atoms in total. The number of nitrogens with zero attached hydrogens (tertiary/aromatic N) is 1. The summed E-state index contributed by atoms with van der Waals surface area (Å²) >= 11 is 0. The van der Waals surface area contributed by atoms with Gasteiger partial charge in [0.1, 0.15) is 6.04 Å². The predicted molar refractivity (Wildman–Crippen MR) is 102 cm³/mol. The smallest absolute Gasteiger partial charge is 0.238 e. The summed E-state index contributed by atoms with van der Waals surface area (Å²) in [5, 5.41) is 12.9. The third-order valence-corrected chi connectivity index (χ3v) is 5.61. The molecule has 27 heavy (non-hydrogen) atoms. The number of carbonyl (C=O) groups is 1. The highest BCUT2D eigenvalue weighted by atomic mass is 16.3. The summed E-state index contributed by atoms with van der Waals surface area (Å²) in [5.41, 5.74) is 8.42. The number of aromatic nitrogens is 1. The number of hydrogen-bond donors (Lipinski definition) is 4. The average molecular weight is 366 g/mol. The monoisotopic (exact) mass is 366 g/mol. The van der Waals surface area contributed by atoms with Gasteiger partial charge in [0.2, 0.25) is 5.91 Å². The van der Waals surface area contributed by atoms with Crippen LogP contribution in [0.4, 0.5) is 0 Å². The van der Waals surface area contributed by atoms with E-state index in [-0.39, 0.29) is 30.1 Å². The molecule has 1 amide bonds. The second-order valence-corrected chi connectivity index (χ2v) is 7.57. The van der Waals surface area contributed by atoms with Crippen molar-refractivity contribution >= 4 is 5.91 Å². The van der Waals surface area contributed by atoms with Gasteiger partial charge >= 0.3 is 0 Å². The Labute approximate surface area is 159 Å². The first-order valence-corrected chi connectivity index (χ1v) is 9.63. The molecule has 3 atom stereocenters. The van der Waals surface area contributed by atoms with Crippen molar-refractivity contribution in [2.75, 3.05) is 0 Å². The Hall–Kier alpha value is -2.28.